The highest BCUT2D eigenvalue weighted by Gasteiger charge is 2.51. The van der Waals surface area contributed by atoms with Crippen molar-refractivity contribution in [2.45, 2.75) is 13.0 Å². The molecule has 0 aliphatic heterocycles. The Balaban J connectivity index is 1.68. The van der Waals surface area contributed by atoms with Crippen LogP contribution in [0.2, 0.25) is 0 Å². The maximum Gasteiger partial charge on any atom is 0.307 e. The molecule has 1 aromatic rings. The summed E-state index contributed by atoms with van der Waals surface area (Å²) in [6.45, 7) is 0.301. The van der Waals surface area contributed by atoms with E-state index in [-0.39, 0.29) is 17.7 Å². The van der Waals surface area contributed by atoms with E-state index in [1.165, 1.54) is 0 Å². The summed E-state index contributed by atoms with van der Waals surface area (Å²) in [6.07, 6.45) is 7.97. The molecule has 0 radical (unpaired) electrons. The Labute approximate surface area is 109 Å². The normalized spacial score (nSPS) is 31.6. The topological polar surface area (TPSA) is 95.1 Å². The third-order valence-electron chi connectivity index (χ3n) is 4.03. The van der Waals surface area contributed by atoms with Crippen molar-refractivity contribution in [2.75, 3.05) is 0 Å². The van der Waals surface area contributed by atoms with E-state index in [1.807, 2.05) is 12.2 Å². The number of carbonyl (C=O) groups excluding carboxylic acids is 1. The zero-order valence-electron chi connectivity index (χ0n) is 10.2. The van der Waals surface area contributed by atoms with Crippen LogP contribution in [0.3, 0.4) is 0 Å². The number of fused-ring (bicyclic) bond motifs is 2. The standard InChI is InChI=1S/C13H15N3O3/c17-12(16-6-9-14-3-4-15-9)10-7-1-2-8(5-7)11(10)13(18)19/h1-4,7-8,10-11H,5-6H2,(H,14,15)(H,16,17)(H,18,19)/t7?,8?,10-,11+/m0/s1. The lowest BCUT2D eigenvalue weighted by Crippen LogP contribution is -2.40. The number of rotatable bonds is 4. The van der Waals surface area contributed by atoms with Crippen molar-refractivity contribution in [3.8, 4) is 0 Å². The molecule has 3 N–H and O–H groups in total. The summed E-state index contributed by atoms with van der Waals surface area (Å²) >= 11 is 0. The molecule has 2 unspecified atom stereocenters. The van der Waals surface area contributed by atoms with E-state index in [2.05, 4.69) is 15.3 Å². The van der Waals surface area contributed by atoms with E-state index in [1.54, 1.807) is 12.4 Å². The smallest absolute Gasteiger partial charge is 0.307 e. The van der Waals surface area contributed by atoms with E-state index in [0.29, 0.717) is 12.4 Å². The molecule has 100 valence electrons. The Morgan fingerprint density at radius 1 is 1.37 bits per heavy atom. The molecule has 1 saturated carbocycles. The predicted molar refractivity (Wildman–Crippen MR) is 65.8 cm³/mol. The van der Waals surface area contributed by atoms with Gasteiger partial charge < -0.3 is 15.4 Å². The molecular formula is C13H15N3O3. The van der Waals surface area contributed by atoms with Crippen LogP contribution in [0, 0.1) is 23.7 Å². The molecule has 19 heavy (non-hydrogen) atoms. The van der Waals surface area contributed by atoms with E-state index in [0.717, 1.165) is 6.42 Å². The van der Waals surface area contributed by atoms with Crippen molar-refractivity contribution in [3.05, 3.63) is 30.4 Å². The molecule has 6 nitrogen and oxygen atoms in total. The number of aromatic nitrogens is 2. The maximum atomic E-state index is 12.2. The molecule has 6 heteroatoms. The van der Waals surface area contributed by atoms with Crippen LogP contribution in [-0.2, 0) is 16.1 Å². The zero-order valence-corrected chi connectivity index (χ0v) is 10.2. The second-order valence-corrected chi connectivity index (χ2v) is 5.09. The first-order chi connectivity index (χ1) is 9.16. The fourth-order valence-corrected chi connectivity index (χ4v) is 3.20. The molecule has 0 aromatic carbocycles. The Hall–Kier alpha value is -2.11. The molecule has 3 rings (SSSR count). The number of aliphatic carboxylic acids is 1. The zero-order chi connectivity index (χ0) is 13.4. The number of nitrogens with zero attached hydrogens (tertiary/aromatic N) is 1. The molecule has 0 spiro atoms. The van der Waals surface area contributed by atoms with Crippen LogP contribution in [0.1, 0.15) is 12.2 Å². The second kappa shape index (κ2) is 4.53. The van der Waals surface area contributed by atoms with Crippen LogP contribution in [0.15, 0.2) is 24.5 Å². The number of carboxylic acid groups (broad SMARTS) is 1. The largest absolute Gasteiger partial charge is 0.481 e. The van der Waals surface area contributed by atoms with Gasteiger partial charge in [0.05, 0.1) is 18.4 Å². The van der Waals surface area contributed by atoms with Crippen molar-refractivity contribution in [2.24, 2.45) is 23.7 Å². The van der Waals surface area contributed by atoms with E-state index in [9.17, 15) is 14.7 Å². The molecular weight excluding hydrogens is 246 g/mol. The minimum absolute atomic E-state index is 0.00172. The van der Waals surface area contributed by atoms with Crippen molar-refractivity contribution >= 4 is 11.9 Å². The Morgan fingerprint density at radius 2 is 2.11 bits per heavy atom. The van der Waals surface area contributed by atoms with Crippen LogP contribution < -0.4 is 5.32 Å². The fraction of sp³-hybridized carbons (Fsp3) is 0.462. The first kappa shape index (κ1) is 12.0. The number of nitrogens with one attached hydrogen (secondary N) is 2. The van der Waals surface area contributed by atoms with Crippen molar-refractivity contribution in [1.29, 1.82) is 0 Å². The van der Waals surface area contributed by atoms with Crippen LogP contribution in [-0.4, -0.2) is 27.0 Å². The van der Waals surface area contributed by atoms with Crippen molar-refractivity contribution < 1.29 is 14.7 Å². The van der Waals surface area contributed by atoms with Crippen LogP contribution in [0.4, 0.5) is 0 Å². The van der Waals surface area contributed by atoms with Gasteiger partial charge in [-0.3, -0.25) is 9.59 Å². The fourth-order valence-electron chi connectivity index (χ4n) is 3.20. The SMILES string of the molecule is O=C(O)[C@@H]1C2C=CC(C2)[C@@H]1C(=O)NCc1ncc[nH]1. The van der Waals surface area contributed by atoms with Crippen molar-refractivity contribution in [1.82, 2.24) is 15.3 Å². The summed E-state index contributed by atoms with van der Waals surface area (Å²) in [5, 5.41) is 12.0. The number of amides is 1. The molecule has 1 heterocycles. The quantitative estimate of drug-likeness (QED) is 0.690. The molecule has 1 amide bonds. The van der Waals surface area contributed by atoms with Gasteiger partial charge in [0, 0.05) is 12.4 Å². The average molecular weight is 261 g/mol. The number of carboxylic acids is 1. The molecule has 0 saturated heterocycles. The first-order valence-corrected chi connectivity index (χ1v) is 6.34. The third kappa shape index (κ3) is 2.03. The van der Waals surface area contributed by atoms with E-state index in [4.69, 9.17) is 0 Å². The van der Waals surface area contributed by atoms with Gasteiger partial charge in [-0.15, -0.1) is 0 Å². The number of carbonyl (C=O) groups is 2. The lowest BCUT2D eigenvalue weighted by molar-refractivity contribution is -0.147. The molecule has 2 aliphatic rings. The Morgan fingerprint density at radius 3 is 2.74 bits per heavy atom. The second-order valence-electron chi connectivity index (χ2n) is 5.09. The van der Waals surface area contributed by atoms with Gasteiger partial charge in [0.2, 0.25) is 5.91 Å². The summed E-state index contributed by atoms with van der Waals surface area (Å²) in [5.41, 5.74) is 0. The van der Waals surface area contributed by atoms with Gasteiger partial charge in [-0.05, 0) is 18.3 Å². The lowest BCUT2D eigenvalue weighted by Gasteiger charge is -2.23. The number of imidazole rings is 1. The lowest BCUT2D eigenvalue weighted by atomic mass is 9.82. The summed E-state index contributed by atoms with van der Waals surface area (Å²) < 4.78 is 0. The molecule has 4 atom stereocenters. The van der Waals surface area contributed by atoms with Gasteiger partial charge in [-0.2, -0.15) is 0 Å². The minimum atomic E-state index is -0.880. The summed E-state index contributed by atoms with van der Waals surface area (Å²) in [6, 6.07) is 0. The van der Waals surface area contributed by atoms with Gasteiger partial charge in [-0.25, -0.2) is 4.98 Å². The van der Waals surface area contributed by atoms with Crippen LogP contribution >= 0.6 is 0 Å². The monoisotopic (exact) mass is 261 g/mol. The van der Waals surface area contributed by atoms with Crippen LogP contribution in [0.25, 0.3) is 0 Å². The molecule has 1 fully saturated rings. The van der Waals surface area contributed by atoms with E-state index >= 15 is 0 Å². The summed E-state index contributed by atoms with van der Waals surface area (Å²) in [5.74, 6) is -1.40. The van der Waals surface area contributed by atoms with Gasteiger partial charge in [0.25, 0.3) is 0 Å². The molecule has 2 bridgehead atoms. The van der Waals surface area contributed by atoms with Gasteiger partial charge >= 0.3 is 5.97 Å². The third-order valence-corrected chi connectivity index (χ3v) is 4.03. The summed E-state index contributed by atoms with van der Waals surface area (Å²) in [4.78, 5) is 30.4. The number of H-pyrrole nitrogens is 1. The van der Waals surface area contributed by atoms with Gasteiger partial charge in [0.1, 0.15) is 5.82 Å². The highest BCUT2D eigenvalue weighted by molar-refractivity contribution is 5.86. The maximum absolute atomic E-state index is 12.2. The van der Waals surface area contributed by atoms with Gasteiger partial charge in [0.15, 0.2) is 0 Å². The number of hydrogen-bond acceptors (Lipinski definition) is 3. The highest BCUT2D eigenvalue weighted by atomic mass is 16.4. The molecule has 1 aromatic heterocycles. The average Bonchev–Trinajstić information content (AvgIpc) is 3.10. The molecule has 2 aliphatic carbocycles. The van der Waals surface area contributed by atoms with Crippen LogP contribution in [0.5, 0.6) is 0 Å². The first-order valence-electron chi connectivity index (χ1n) is 6.34. The number of hydrogen-bond donors (Lipinski definition) is 3. The summed E-state index contributed by atoms with van der Waals surface area (Å²) in [7, 11) is 0. The minimum Gasteiger partial charge on any atom is -0.481 e. The Bertz CT molecular complexity index is 523. The number of aromatic amines is 1. The predicted octanol–water partition coefficient (Wildman–Crippen LogP) is 0.549. The van der Waals surface area contributed by atoms with E-state index < -0.39 is 17.8 Å². The Kier molecular flexibility index (Phi) is 2.85. The number of allylic oxidation sites excluding steroid dienone is 2. The van der Waals surface area contributed by atoms with Crippen molar-refractivity contribution in [3.63, 3.8) is 0 Å². The highest BCUT2D eigenvalue weighted by Crippen LogP contribution is 2.48. The van der Waals surface area contributed by atoms with Gasteiger partial charge in [-0.1, -0.05) is 12.2 Å².